The Hall–Kier alpha value is -0.850. The SMILES string of the molecule is C=NC1=C(N)S(N)=C(N)N1. The summed E-state index contributed by atoms with van der Waals surface area (Å²) >= 11 is 0. The summed E-state index contributed by atoms with van der Waals surface area (Å²) in [4.78, 5) is 3.59. The first kappa shape index (κ1) is 7.26. The smallest absolute Gasteiger partial charge is 0.161 e. The Kier molecular flexibility index (Phi) is 1.75. The van der Waals surface area contributed by atoms with Crippen LogP contribution in [0.15, 0.2) is 15.8 Å². The van der Waals surface area contributed by atoms with E-state index in [1.54, 1.807) is 0 Å². The van der Waals surface area contributed by atoms with Crippen LogP contribution in [0.25, 0.3) is 0 Å². The van der Waals surface area contributed by atoms with Crippen LogP contribution in [0, 0.1) is 0 Å². The third-order valence-electron chi connectivity index (χ3n) is 1.11. The largest absolute Gasteiger partial charge is 0.390 e. The fourth-order valence-corrected chi connectivity index (χ4v) is 1.34. The molecule has 1 aliphatic rings. The molecule has 56 valence electrons. The molecule has 10 heavy (non-hydrogen) atoms. The predicted octanol–water partition coefficient (Wildman–Crippen LogP) is -1.44. The number of nitrogens with zero attached hydrogens (tertiary/aromatic N) is 1. The van der Waals surface area contributed by atoms with E-state index in [-0.39, 0.29) is 0 Å². The maximum atomic E-state index is 5.52. The van der Waals surface area contributed by atoms with Gasteiger partial charge in [0.2, 0.25) is 0 Å². The highest BCUT2D eigenvalue weighted by Gasteiger charge is 2.14. The van der Waals surface area contributed by atoms with Gasteiger partial charge in [0.15, 0.2) is 5.82 Å². The van der Waals surface area contributed by atoms with Crippen molar-refractivity contribution in [1.29, 1.82) is 0 Å². The standard InChI is InChI=1S/C4H9N5S/c1-8-3-2(5)10(7)4(6)9-3/h9H,1,5-7H2. The lowest BCUT2D eigenvalue weighted by Crippen LogP contribution is -2.27. The van der Waals surface area contributed by atoms with Crippen LogP contribution in [0.2, 0.25) is 0 Å². The molecule has 0 aromatic rings. The van der Waals surface area contributed by atoms with E-state index >= 15 is 0 Å². The summed E-state index contributed by atoms with van der Waals surface area (Å²) in [6.07, 6.45) is 0. The van der Waals surface area contributed by atoms with Crippen LogP contribution in [-0.2, 0) is 0 Å². The van der Waals surface area contributed by atoms with Crippen LogP contribution in [-0.4, -0.2) is 11.8 Å². The van der Waals surface area contributed by atoms with Crippen molar-refractivity contribution in [2.24, 2.45) is 21.6 Å². The van der Waals surface area contributed by atoms with E-state index in [4.69, 9.17) is 16.6 Å². The Balaban J connectivity index is 3.00. The highest BCUT2D eigenvalue weighted by Crippen LogP contribution is 2.20. The van der Waals surface area contributed by atoms with E-state index in [1.807, 2.05) is 0 Å². The molecule has 1 unspecified atom stereocenters. The number of aliphatic imine (C=N–C) groups is 1. The van der Waals surface area contributed by atoms with Gasteiger partial charge in [0.1, 0.15) is 10.1 Å². The number of hydrogen-bond acceptors (Lipinski definition) is 5. The van der Waals surface area contributed by atoms with Crippen molar-refractivity contribution in [3.63, 3.8) is 0 Å². The van der Waals surface area contributed by atoms with Crippen LogP contribution in [0.1, 0.15) is 0 Å². The molecular weight excluding hydrogens is 150 g/mol. The highest BCUT2D eigenvalue weighted by molar-refractivity contribution is 8.17. The van der Waals surface area contributed by atoms with Crippen molar-refractivity contribution in [1.82, 2.24) is 5.32 Å². The number of nitrogens with one attached hydrogen (secondary N) is 1. The van der Waals surface area contributed by atoms with Crippen LogP contribution >= 0.6 is 10.7 Å². The number of nitrogens with two attached hydrogens (primary N) is 3. The first-order valence-electron chi connectivity index (χ1n) is 2.51. The van der Waals surface area contributed by atoms with E-state index in [9.17, 15) is 0 Å². The topological polar surface area (TPSA) is 102 Å². The molecule has 1 aliphatic heterocycles. The summed E-state index contributed by atoms with van der Waals surface area (Å²) < 4.78 is 0. The predicted molar refractivity (Wildman–Crippen MR) is 44.9 cm³/mol. The van der Waals surface area contributed by atoms with Gasteiger partial charge < -0.3 is 11.1 Å². The third kappa shape index (κ3) is 0.919. The minimum atomic E-state index is -0.685. The Morgan fingerprint density at radius 2 is 2.10 bits per heavy atom. The summed E-state index contributed by atoms with van der Waals surface area (Å²) in [7, 11) is -0.685. The minimum absolute atomic E-state index is 0.444. The summed E-state index contributed by atoms with van der Waals surface area (Å²) in [6.45, 7) is 3.29. The van der Waals surface area contributed by atoms with Gasteiger partial charge in [-0.1, -0.05) is 0 Å². The average Bonchev–Trinajstić information content (AvgIpc) is 2.17. The maximum absolute atomic E-state index is 5.52. The van der Waals surface area contributed by atoms with Crippen molar-refractivity contribution in [2.75, 3.05) is 0 Å². The molecule has 0 saturated heterocycles. The van der Waals surface area contributed by atoms with Crippen molar-refractivity contribution < 1.29 is 0 Å². The van der Waals surface area contributed by atoms with E-state index < -0.39 is 10.7 Å². The first-order valence-corrected chi connectivity index (χ1v) is 3.80. The molecule has 0 saturated carbocycles. The van der Waals surface area contributed by atoms with Crippen molar-refractivity contribution >= 4 is 22.5 Å². The molecule has 0 aliphatic carbocycles. The Labute approximate surface area is 61.0 Å². The van der Waals surface area contributed by atoms with E-state index in [1.165, 1.54) is 0 Å². The summed E-state index contributed by atoms with van der Waals surface area (Å²) in [5.74, 6) is 0.475. The zero-order valence-electron chi connectivity index (χ0n) is 5.29. The molecule has 6 heteroatoms. The highest BCUT2D eigenvalue weighted by atomic mass is 32.2. The Bertz CT molecular complexity index is 237. The first-order chi connectivity index (χ1) is 4.66. The molecule has 7 N–H and O–H groups in total. The molecule has 0 fully saturated rings. The van der Waals surface area contributed by atoms with E-state index in [2.05, 4.69) is 17.0 Å². The molecule has 0 amide bonds. The molecular formula is C4H9N5S. The monoisotopic (exact) mass is 159 g/mol. The van der Waals surface area contributed by atoms with Crippen molar-refractivity contribution in [3.8, 4) is 0 Å². The maximum Gasteiger partial charge on any atom is 0.161 e. The molecule has 1 rings (SSSR count). The minimum Gasteiger partial charge on any atom is -0.390 e. The van der Waals surface area contributed by atoms with Crippen molar-refractivity contribution in [2.45, 2.75) is 0 Å². The van der Waals surface area contributed by atoms with Gasteiger partial charge in [-0.25, -0.2) is 4.99 Å². The fourth-order valence-electron chi connectivity index (χ4n) is 0.573. The van der Waals surface area contributed by atoms with Crippen LogP contribution in [0.5, 0.6) is 0 Å². The zero-order chi connectivity index (χ0) is 7.72. The van der Waals surface area contributed by atoms with E-state index in [0.717, 1.165) is 0 Å². The lowest BCUT2D eigenvalue weighted by Gasteiger charge is -1.95. The van der Waals surface area contributed by atoms with E-state index in [0.29, 0.717) is 16.0 Å². The third-order valence-corrected chi connectivity index (χ3v) is 2.35. The summed E-state index contributed by atoms with van der Waals surface area (Å²) in [5.41, 5.74) is 10.9. The quantitative estimate of drug-likeness (QED) is 0.278. The van der Waals surface area contributed by atoms with Gasteiger partial charge in [-0.15, -0.1) is 0 Å². The summed E-state index contributed by atoms with van der Waals surface area (Å²) in [6, 6.07) is 0. The van der Waals surface area contributed by atoms with Crippen LogP contribution in [0.4, 0.5) is 0 Å². The molecule has 5 nitrogen and oxygen atoms in total. The molecule has 0 spiro atoms. The molecule has 1 atom stereocenters. The zero-order valence-corrected chi connectivity index (χ0v) is 6.11. The second-order valence-corrected chi connectivity index (χ2v) is 3.25. The molecule has 1 heterocycles. The molecule has 0 bridgehead atoms. The van der Waals surface area contributed by atoms with Gasteiger partial charge in [-0.2, -0.15) is 0 Å². The molecule has 0 radical (unpaired) electrons. The molecule has 0 aromatic heterocycles. The van der Waals surface area contributed by atoms with Crippen molar-refractivity contribution in [3.05, 3.63) is 10.9 Å². The lowest BCUT2D eigenvalue weighted by atomic mass is 10.7. The normalized spacial score (nSPS) is 25.0. The van der Waals surface area contributed by atoms with Gasteiger partial charge in [0.25, 0.3) is 0 Å². The van der Waals surface area contributed by atoms with Crippen LogP contribution in [0.3, 0.4) is 0 Å². The van der Waals surface area contributed by atoms with Gasteiger partial charge in [0.05, 0.1) is 0 Å². The number of rotatable bonds is 1. The van der Waals surface area contributed by atoms with Gasteiger partial charge in [-0.05, 0) is 17.4 Å². The second kappa shape index (κ2) is 2.41. The summed E-state index contributed by atoms with van der Waals surface area (Å²) in [5, 5.41) is 9.14. The Morgan fingerprint density at radius 3 is 2.30 bits per heavy atom. The van der Waals surface area contributed by atoms with Gasteiger partial charge >= 0.3 is 0 Å². The fraction of sp³-hybridized carbons (Fsp3) is 0. The lowest BCUT2D eigenvalue weighted by molar-refractivity contribution is 1.08. The second-order valence-electron chi connectivity index (χ2n) is 1.70. The van der Waals surface area contributed by atoms with Crippen LogP contribution < -0.4 is 21.9 Å². The molecule has 0 aromatic carbocycles. The number of hydrogen-bond donors (Lipinski definition) is 4. The van der Waals surface area contributed by atoms with Gasteiger partial charge in [0, 0.05) is 0 Å². The Morgan fingerprint density at radius 1 is 1.50 bits per heavy atom. The van der Waals surface area contributed by atoms with Gasteiger partial charge in [-0.3, -0.25) is 10.9 Å². The average molecular weight is 159 g/mol.